The highest BCUT2D eigenvalue weighted by Gasteiger charge is 2.16. The molecule has 0 aliphatic rings. The van der Waals surface area contributed by atoms with Crippen LogP contribution in [0.15, 0.2) is 99.3 Å². The van der Waals surface area contributed by atoms with Crippen molar-refractivity contribution in [3.05, 3.63) is 101 Å². The number of hydrogen-bond donors (Lipinski definition) is 1. The monoisotopic (exact) mass is 458 g/mol. The number of nitrogens with one attached hydrogen (secondary N) is 1. The van der Waals surface area contributed by atoms with Crippen molar-refractivity contribution in [1.29, 1.82) is 0 Å². The summed E-state index contributed by atoms with van der Waals surface area (Å²) in [4.78, 5) is 17.0. The van der Waals surface area contributed by atoms with Crippen molar-refractivity contribution in [1.82, 2.24) is 14.8 Å². The summed E-state index contributed by atoms with van der Waals surface area (Å²) in [5.41, 5.74) is 1.89. The number of hydrogen-bond acceptors (Lipinski definition) is 6. The standard InChI is InChI=1S/C24H18N4O4S/c1-16-7-11-20(12-8-16)33(30,31)27-19-10-9-18-13-21(24(29)32-22(18)14-19)28-15-25-23(26-28)17-5-3-2-4-6-17/h2-15,27H,1H3. The quantitative estimate of drug-likeness (QED) is 0.397. The third-order valence-electron chi connectivity index (χ3n) is 5.07. The summed E-state index contributed by atoms with van der Waals surface area (Å²) in [6.07, 6.45) is 1.45. The lowest BCUT2D eigenvalue weighted by Crippen LogP contribution is -2.13. The molecule has 0 unspecified atom stereocenters. The van der Waals surface area contributed by atoms with Crippen LogP contribution in [-0.4, -0.2) is 23.2 Å². The van der Waals surface area contributed by atoms with Crippen LogP contribution in [0.4, 0.5) is 5.69 Å². The number of aromatic nitrogens is 3. The molecule has 0 fully saturated rings. The Hall–Kier alpha value is -4.24. The molecule has 9 heteroatoms. The number of aryl methyl sites for hydroxylation is 1. The number of nitrogens with zero attached hydrogens (tertiary/aromatic N) is 3. The van der Waals surface area contributed by atoms with E-state index in [0.29, 0.717) is 11.2 Å². The van der Waals surface area contributed by atoms with E-state index in [-0.39, 0.29) is 21.9 Å². The molecule has 0 amide bonds. The Bertz CT molecular complexity index is 1620. The van der Waals surface area contributed by atoms with E-state index in [1.807, 2.05) is 37.3 Å². The van der Waals surface area contributed by atoms with Crippen LogP contribution in [0, 0.1) is 6.92 Å². The lowest BCUT2D eigenvalue weighted by atomic mass is 10.2. The summed E-state index contributed by atoms with van der Waals surface area (Å²) in [6, 6.07) is 22.3. The molecule has 0 saturated heterocycles. The molecule has 5 rings (SSSR count). The van der Waals surface area contributed by atoms with Crippen molar-refractivity contribution in [2.24, 2.45) is 0 Å². The molecule has 0 bridgehead atoms. The van der Waals surface area contributed by atoms with Gasteiger partial charge in [0.15, 0.2) is 11.5 Å². The molecule has 33 heavy (non-hydrogen) atoms. The lowest BCUT2D eigenvalue weighted by Gasteiger charge is -2.09. The number of anilines is 1. The number of rotatable bonds is 5. The Kier molecular flexibility index (Phi) is 5.02. The maximum Gasteiger partial charge on any atom is 0.362 e. The average Bonchev–Trinajstić information content (AvgIpc) is 3.29. The molecule has 0 saturated carbocycles. The second kappa shape index (κ2) is 8.03. The Morgan fingerprint density at radius 3 is 2.45 bits per heavy atom. The Morgan fingerprint density at radius 2 is 1.70 bits per heavy atom. The fraction of sp³-hybridized carbons (Fsp3) is 0.0417. The molecule has 8 nitrogen and oxygen atoms in total. The second-order valence-electron chi connectivity index (χ2n) is 7.47. The maximum absolute atomic E-state index is 12.7. The van der Waals surface area contributed by atoms with Crippen molar-refractivity contribution in [3.63, 3.8) is 0 Å². The summed E-state index contributed by atoms with van der Waals surface area (Å²) < 4.78 is 34.6. The Balaban J connectivity index is 1.46. The first kappa shape index (κ1) is 20.7. The second-order valence-corrected chi connectivity index (χ2v) is 9.15. The van der Waals surface area contributed by atoms with Crippen LogP contribution < -0.4 is 10.3 Å². The smallest absolute Gasteiger partial charge is 0.362 e. The van der Waals surface area contributed by atoms with E-state index in [4.69, 9.17) is 4.42 Å². The van der Waals surface area contributed by atoms with Crippen LogP contribution in [0.3, 0.4) is 0 Å². The first-order valence-electron chi connectivity index (χ1n) is 10.0. The van der Waals surface area contributed by atoms with Gasteiger partial charge in [-0.2, -0.15) is 0 Å². The first-order valence-corrected chi connectivity index (χ1v) is 11.5. The van der Waals surface area contributed by atoms with E-state index in [1.54, 1.807) is 30.3 Å². The third-order valence-corrected chi connectivity index (χ3v) is 6.47. The topological polar surface area (TPSA) is 107 Å². The molecule has 1 N–H and O–H groups in total. The largest absolute Gasteiger partial charge is 0.421 e. The molecule has 2 heterocycles. The van der Waals surface area contributed by atoms with Crippen molar-refractivity contribution in [3.8, 4) is 17.1 Å². The van der Waals surface area contributed by atoms with Crippen molar-refractivity contribution < 1.29 is 12.8 Å². The predicted octanol–water partition coefficient (Wildman–Crippen LogP) is 4.15. The summed E-state index contributed by atoms with van der Waals surface area (Å²) >= 11 is 0. The van der Waals surface area contributed by atoms with Crippen LogP contribution in [0.5, 0.6) is 0 Å². The minimum Gasteiger partial charge on any atom is -0.421 e. The molecule has 5 aromatic rings. The molecule has 3 aromatic carbocycles. The molecular weight excluding hydrogens is 440 g/mol. The van der Waals surface area contributed by atoms with Gasteiger partial charge >= 0.3 is 5.63 Å². The minimum absolute atomic E-state index is 0.144. The third kappa shape index (κ3) is 4.13. The Morgan fingerprint density at radius 1 is 0.939 bits per heavy atom. The van der Waals surface area contributed by atoms with Gasteiger partial charge in [0.05, 0.1) is 10.6 Å². The lowest BCUT2D eigenvalue weighted by molar-refractivity contribution is 0.552. The van der Waals surface area contributed by atoms with Crippen molar-refractivity contribution in [2.45, 2.75) is 11.8 Å². The van der Waals surface area contributed by atoms with Crippen LogP contribution in [0.1, 0.15) is 5.56 Å². The highest BCUT2D eigenvalue weighted by atomic mass is 32.2. The normalized spacial score (nSPS) is 11.5. The van der Waals surface area contributed by atoms with E-state index < -0.39 is 15.6 Å². The van der Waals surface area contributed by atoms with Crippen LogP contribution in [0.2, 0.25) is 0 Å². The van der Waals surface area contributed by atoms with Gasteiger partial charge in [0, 0.05) is 17.0 Å². The van der Waals surface area contributed by atoms with Gasteiger partial charge in [-0.15, -0.1) is 5.10 Å². The molecule has 2 aromatic heterocycles. The van der Waals surface area contributed by atoms with Crippen LogP contribution in [0.25, 0.3) is 28.0 Å². The highest BCUT2D eigenvalue weighted by molar-refractivity contribution is 7.92. The zero-order chi connectivity index (χ0) is 23.0. The zero-order valence-electron chi connectivity index (χ0n) is 17.5. The maximum atomic E-state index is 12.7. The van der Waals surface area contributed by atoms with Gasteiger partial charge in [-0.1, -0.05) is 48.0 Å². The molecule has 0 spiro atoms. The van der Waals surface area contributed by atoms with Gasteiger partial charge in [0.25, 0.3) is 10.0 Å². The van der Waals surface area contributed by atoms with Gasteiger partial charge in [-0.3, -0.25) is 4.72 Å². The predicted molar refractivity (Wildman–Crippen MR) is 125 cm³/mol. The van der Waals surface area contributed by atoms with Gasteiger partial charge in [0.2, 0.25) is 0 Å². The highest BCUT2D eigenvalue weighted by Crippen LogP contribution is 2.23. The Labute approximate surface area is 189 Å². The number of sulfonamides is 1. The molecule has 164 valence electrons. The van der Waals surface area contributed by atoms with E-state index in [1.165, 1.54) is 29.2 Å². The summed E-state index contributed by atoms with van der Waals surface area (Å²) in [7, 11) is -3.78. The van der Waals surface area contributed by atoms with Gasteiger partial charge in [0.1, 0.15) is 11.9 Å². The molecular formula is C24H18N4O4S. The number of benzene rings is 3. The molecule has 0 aliphatic carbocycles. The summed E-state index contributed by atoms with van der Waals surface area (Å²) in [5.74, 6) is 0.482. The van der Waals surface area contributed by atoms with Gasteiger partial charge < -0.3 is 4.42 Å². The van der Waals surface area contributed by atoms with Crippen molar-refractivity contribution in [2.75, 3.05) is 4.72 Å². The molecule has 0 atom stereocenters. The van der Waals surface area contributed by atoms with E-state index in [9.17, 15) is 13.2 Å². The van der Waals surface area contributed by atoms with Crippen molar-refractivity contribution >= 4 is 26.7 Å². The summed E-state index contributed by atoms with van der Waals surface area (Å²) in [5, 5.41) is 4.99. The molecule has 0 aliphatic heterocycles. The molecule has 0 radical (unpaired) electrons. The fourth-order valence-electron chi connectivity index (χ4n) is 3.35. The van der Waals surface area contributed by atoms with Gasteiger partial charge in [-0.05, 0) is 37.3 Å². The fourth-order valence-corrected chi connectivity index (χ4v) is 4.40. The van der Waals surface area contributed by atoms with Crippen LogP contribution in [-0.2, 0) is 10.0 Å². The minimum atomic E-state index is -3.78. The first-order chi connectivity index (χ1) is 15.9. The summed E-state index contributed by atoms with van der Waals surface area (Å²) in [6.45, 7) is 1.88. The van der Waals surface area contributed by atoms with E-state index in [0.717, 1.165) is 11.1 Å². The van der Waals surface area contributed by atoms with E-state index >= 15 is 0 Å². The average molecular weight is 458 g/mol. The SMILES string of the molecule is Cc1ccc(S(=O)(=O)Nc2ccc3cc(-n4cnc(-c5ccccc5)n4)c(=O)oc3c2)cc1. The van der Waals surface area contributed by atoms with E-state index in [2.05, 4.69) is 14.8 Å². The van der Waals surface area contributed by atoms with Crippen LogP contribution >= 0.6 is 0 Å². The number of fused-ring (bicyclic) bond motifs is 1. The zero-order valence-corrected chi connectivity index (χ0v) is 18.3. The van der Waals surface area contributed by atoms with Gasteiger partial charge in [-0.25, -0.2) is 22.9 Å².